The maximum Gasteiger partial charge on any atom is 0.339 e. The molecule has 0 spiro atoms. The Morgan fingerprint density at radius 2 is 2.04 bits per heavy atom. The van der Waals surface area contributed by atoms with Gasteiger partial charge in [0.15, 0.2) is 12.5 Å². The Kier molecular flexibility index (Phi) is 2.77. The number of rotatable bonds is 1. The number of fused-ring (bicyclic) bond motifs is 5. The maximum absolute atomic E-state index is 12.3. The first kappa shape index (κ1) is 13.7. The third-order valence-corrected chi connectivity index (χ3v) is 4.87. The molecule has 6 heteroatoms. The molecule has 0 fully saturated rings. The molecule has 0 N–H and O–H groups in total. The molecule has 122 valence electrons. The zero-order valence-electron chi connectivity index (χ0n) is 13.3. The summed E-state index contributed by atoms with van der Waals surface area (Å²) in [5.74, 6) is 2.23. The third-order valence-electron chi connectivity index (χ3n) is 4.87. The van der Waals surface area contributed by atoms with Crippen LogP contribution in [0.15, 0.2) is 31.9 Å². The number of ether oxygens (including phenoxy) is 1. The van der Waals surface area contributed by atoms with Crippen molar-refractivity contribution < 1.29 is 13.7 Å². The molecule has 5 rings (SSSR count). The van der Waals surface area contributed by atoms with Crippen LogP contribution in [0.4, 0.5) is 5.82 Å². The van der Waals surface area contributed by atoms with Gasteiger partial charge in [-0.05, 0) is 43.9 Å². The third kappa shape index (κ3) is 1.89. The molecule has 2 aliphatic rings. The summed E-state index contributed by atoms with van der Waals surface area (Å²) in [7, 11) is 0. The molecule has 3 aromatic rings. The fourth-order valence-electron chi connectivity index (χ4n) is 3.70. The van der Waals surface area contributed by atoms with Crippen LogP contribution >= 0.6 is 0 Å². The van der Waals surface area contributed by atoms with Crippen LogP contribution < -0.4 is 15.3 Å². The number of anilines is 1. The molecule has 0 unspecified atom stereocenters. The van der Waals surface area contributed by atoms with Crippen molar-refractivity contribution in [1.82, 2.24) is 5.16 Å². The van der Waals surface area contributed by atoms with Crippen LogP contribution in [0.1, 0.15) is 28.9 Å². The molecule has 1 aliphatic carbocycles. The van der Waals surface area contributed by atoms with Crippen LogP contribution in [0.25, 0.3) is 11.0 Å². The average Bonchev–Trinajstić information content (AvgIpc) is 3.24. The lowest BCUT2D eigenvalue weighted by atomic mass is 10.0. The Hall–Kier alpha value is -2.76. The first-order chi connectivity index (χ1) is 11.7. The molecule has 2 aromatic heterocycles. The molecule has 0 amide bonds. The number of aryl methyl sites for hydroxylation is 2. The monoisotopic (exact) mass is 324 g/mol. The Balaban J connectivity index is 1.68. The van der Waals surface area contributed by atoms with Crippen molar-refractivity contribution in [2.24, 2.45) is 0 Å². The van der Waals surface area contributed by atoms with Crippen molar-refractivity contribution in [1.29, 1.82) is 0 Å². The number of hydrogen-bond donors (Lipinski definition) is 0. The van der Waals surface area contributed by atoms with Crippen LogP contribution in [0.5, 0.6) is 5.75 Å². The highest BCUT2D eigenvalue weighted by atomic mass is 16.5. The van der Waals surface area contributed by atoms with Gasteiger partial charge < -0.3 is 18.6 Å². The van der Waals surface area contributed by atoms with E-state index in [1.165, 1.54) is 0 Å². The second-order valence-electron chi connectivity index (χ2n) is 6.39. The molecule has 0 atom stereocenters. The lowest BCUT2D eigenvalue weighted by Crippen LogP contribution is -2.32. The summed E-state index contributed by atoms with van der Waals surface area (Å²) >= 11 is 0. The van der Waals surface area contributed by atoms with Gasteiger partial charge in [0.05, 0.1) is 12.1 Å². The van der Waals surface area contributed by atoms with Gasteiger partial charge in [-0.2, -0.15) is 0 Å². The Morgan fingerprint density at radius 1 is 1.17 bits per heavy atom. The van der Waals surface area contributed by atoms with Gasteiger partial charge in [-0.25, -0.2) is 4.79 Å². The Morgan fingerprint density at radius 3 is 2.88 bits per heavy atom. The fraction of sp³-hybridized carbons (Fsp3) is 0.333. The summed E-state index contributed by atoms with van der Waals surface area (Å²) in [6.45, 7) is 2.81. The summed E-state index contributed by atoms with van der Waals surface area (Å²) in [4.78, 5) is 14.3. The highest BCUT2D eigenvalue weighted by molar-refractivity contribution is 5.87. The number of aromatic nitrogens is 1. The van der Waals surface area contributed by atoms with Gasteiger partial charge in [0, 0.05) is 17.0 Å². The van der Waals surface area contributed by atoms with Crippen molar-refractivity contribution in [3.05, 3.63) is 51.1 Å². The first-order valence-electron chi connectivity index (χ1n) is 8.12. The predicted octanol–water partition coefficient (Wildman–Crippen LogP) is 2.93. The quantitative estimate of drug-likeness (QED) is 0.641. The topological polar surface area (TPSA) is 68.7 Å². The van der Waals surface area contributed by atoms with Gasteiger partial charge in [-0.15, -0.1) is 0 Å². The Bertz CT molecular complexity index is 1020. The average molecular weight is 324 g/mol. The summed E-state index contributed by atoms with van der Waals surface area (Å²) in [6.07, 6.45) is 2.76. The number of benzene rings is 1. The summed E-state index contributed by atoms with van der Waals surface area (Å²) < 4.78 is 16.7. The van der Waals surface area contributed by atoms with E-state index in [-0.39, 0.29) is 5.63 Å². The van der Waals surface area contributed by atoms with Crippen LogP contribution in [0, 0.1) is 6.92 Å². The van der Waals surface area contributed by atoms with Gasteiger partial charge in [-0.3, -0.25) is 0 Å². The van der Waals surface area contributed by atoms with E-state index in [1.807, 2.05) is 30.0 Å². The van der Waals surface area contributed by atoms with E-state index in [1.54, 1.807) is 0 Å². The van der Waals surface area contributed by atoms with Crippen molar-refractivity contribution in [3.8, 4) is 5.75 Å². The lowest BCUT2D eigenvalue weighted by Gasteiger charge is -2.29. The van der Waals surface area contributed by atoms with E-state index in [0.29, 0.717) is 18.9 Å². The van der Waals surface area contributed by atoms with Crippen molar-refractivity contribution in [3.63, 3.8) is 0 Å². The molecule has 1 aliphatic heterocycles. The smallest absolute Gasteiger partial charge is 0.339 e. The van der Waals surface area contributed by atoms with Gasteiger partial charge in [0.2, 0.25) is 0 Å². The number of hydrogen-bond acceptors (Lipinski definition) is 6. The van der Waals surface area contributed by atoms with Gasteiger partial charge in [-0.1, -0.05) is 5.16 Å². The maximum atomic E-state index is 12.3. The molecule has 24 heavy (non-hydrogen) atoms. The zero-order valence-corrected chi connectivity index (χ0v) is 13.3. The van der Waals surface area contributed by atoms with Crippen molar-refractivity contribution >= 4 is 16.8 Å². The summed E-state index contributed by atoms with van der Waals surface area (Å²) in [5, 5.41) is 5.08. The SMILES string of the molecule is Cc1cc(N2COc3ccc4c5c(c(=O)oc4c3C2)CCC5)no1. The van der Waals surface area contributed by atoms with Crippen LogP contribution in [0.2, 0.25) is 0 Å². The van der Waals surface area contributed by atoms with Crippen LogP contribution in [0.3, 0.4) is 0 Å². The largest absolute Gasteiger partial charge is 0.473 e. The predicted molar refractivity (Wildman–Crippen MR) is 87.4 cm³/mol. The van der Waals surface area contributed by atoms with Gasteiger partial charge in [0.25, 0.3) is 0 Å². The molecule has 0 saturated heterocycles. The number of nitrogens with zero attached hydrogens (tertiary/aromatic N) is 2. The minimum atomic E-state index is -0.210. The molecule has 1 aromatic carbocycles. The standard InChI is InChI=1S/C18H16N2O4/c1-10-7-16(19-24-10)20-8-14-15(22-9-20)6-5-12-11-3-2-4-13(11)18(21)23-17(12)14/h5-7H,2-4,8-9H2,1H3. The highest BCUT2D eigenvalue weighted by Gasteiger charge is 2.26. The second kappa shape index (κ2) is 4.87. The van der Waals surface area contributed by atoms with E-state index in [9.17, 15) is 4.79 Å². The summed E-state index contributed by atoms with van der Waals surface area (Å²) in [6, 6.07) is 5.85. The van der Waals surface area contributed by atoms with E-state index in [0.717, 1.165) is 58.7 Å². The molecule has 6 nitrogen and oxygen atoms in total. The minimum Gasteiger partial charge on any atom is -0.473 e. The molecule has 0 bridgehead atoms. The minimum absolute atomic E-state index is 0.210. The zero-order chi connectivity index (χ0) is 16.3. The van der Waals surface area contributed by atoms with E-state index < -0.39 is 0 Å². The highest BCUT2D eigenvalue weighted by Crippen LogP contribution is 2.36. The normalized spacial score (nSPS) is 16.1. The van der Waals surface area contributed by atoms with E-state index in [2.05, 4.69) is 5.16 Å². The van der Waals surface area contributed by atoms with Crippen molar-refractivity contribution in [2.45, 2.75) is 32.7 Å². The molecular weight excluding hydrogens is 308 g/mol. The first-order valence-corrected chi connectivity index (χ1v) is 8.12. The lowest BCUT2D eigenvalue weighted by molar-refractivity contribution is 0.284. The van der Waals surface area contributed by atoms with Crippen molar-refractivity contribution in [2.75, 3.05) is 11.6 Å². The molecule has 0 saturated carbocycles. The molecule has 0 radical (unpaired) electrons. The fourth-order valence-corrected chi connectivity index (χ4v) is 3.70. The molecular formula is C18H16N2O4. The second-order valence-corrected chi connectivity index (χ2v) is 6.39. The summed E-state index contributed by atoms with van der Waals surface area (Å²) in [5.41, 5.74) is 3.30. The van der Waals surface area contributed by atoms with E-state index in [4.69, 9.17) is 13.7 Å². The Labute approximate surface area is 137 Å². The van der Waals surface area contributed by atoms with Gasteiger partial charge in [0.1, 0.15) is 17.1 Å². The van der Waals surface area contributed by atoms with Crippen LogP contribution in [-0.2, 0) is 19.4 Å². The van der Waals surface area contributed by atoms with Gasteiger partial charge >= 0.3 is 5.63 Å². The molecule has 3 heterocycles. The van der Waals surface area contributed by atoms with Crippen LogP contribution in [-0.4, -0.2) is 11.9 Å². The van der Waals surface area contributed by atoms with E-state index >= 15 is 0 Å².